The van der Waals surface area contributed by atoms with Crippen LogP contribution in [0.25, 0.3) is 0 Å². The normalized spacial score (nSPS) is 9.88. The smallest absolute Gasteiger partial charge is 0.313 e. The summed E-state index contributed by atoms with van der Waals surface area (Å²) < 4.78 is 15.2. The van der Waals surface area contributed by atoms with Gasteiger partial charge < -0.3 is 19.2 Å². The van der Waals surface area contributed by atoms with Crippen LogP contribution in [-0.4, -0.2) is 25.5 Å². The highest BCUT2D eigenvalue weighted by atomic mass is 35.5. The molecule has 0 atom stereocenters. The number of hydrogen-bond donors (Lipinski definition) is 1. The molecule has 0 unspecified atom stereocenters. The summed E-state index contributed by atoms with van der Waals surface area (Å²) >= 11 is 6.00. The molecule has 0 saturated carbocycles. The molecule has 0 aliphatic heterocycles. The lowest BCUT2D eigenvalue weighted by Gasteiger charge is -2.11. The van der Waals surface area contributed by atoms with E-state index in [-0.39, 0.29) is 40.8 Å². The van der Waals surface area contributed by atoms with Crippen molar-refractivity contribution in [2.75, 3.05) is 13.7 Å². The Bertz CT molecular complexity index is 781. The lowest BCUT2D eigenvalue weighted by atomic mass is 10.2. The number of nitrogens with one attached hydrogen (secondary N) is 1. The molecular weight excluding hydrogens is 336 g/mol. The number of furan rings is 1. The average molecular weight is 349 g/mol. The maximum absolute atomic E-state index is 11.9. The third-order valence-electron chi connectivity index (χ3n) is 2.93. The summed E-state index contributed by atoms with van der Waals surface area (Å²) in [5.74, 6) is -0.686. The number of ether oxygens (including phenoxy) is 2. The molecule has 0 spiro atoms. The molecule has 1 heterocycles. The molecule has 1 amide bonds. The van der Waals surface area contributed by atoms with Crippen LogP contribution in [0.15, 0.2) is 34.9 Å². The van der Waals surface area contributed by atoms with Gasteiger partial charge in [-0.3, -0.25) is 9.59 Å². The first kappa shape index (κ1) is 17.4. The van der Waals surface area contributed by atoms with Gasteiger partial charge in [-0.1, -0.05) is 11.6 Å². The molecule has 124 valence electrons. The zero-order valence-electron chi connectivity index (χ0n) is 12.7. The summed E-state index contributed by atoms with van der Waals surface area (Å²) in [6.07, 6.45) is 1.30. The number of carbonyl (C=O) groups excluding carboxylic acids is 2. The van der Waals surface area contributed by atoms with Crippen molar-refractivity contribution in [3.63, 3.8) is 0 Å². The lowest BCUT2D eigenvalue weighted by molar-refractivity contribution is -0.134. The summed E-state index contributed by atoms with van der Waals surface area (Å²) in [6.45, 7) is 0.0641. The summed E-state index contributed by atoms with van der Waals surface area (Å²) in [5.41, 5.74) is 0.280. The van der Waals surface area contributed by atoms with Crippen LogP contribution in [0.2, 0.25) is 5.02 Å². The molecule has 1 aromatic heterocycles. The Morgan fingerprint density at radius 2 is 2.21 bits per heavy atom. The molecule has 0 saturated heterocycles. The van der Waals surface area contributed by atoms with Crippen molar-refractivity contribution in [3.8, 4) is 17.6 Å². The molecule has 8 heteroatoms. The largest absolute Gasteiger partial charge is 0.493 e. The standard InChI is InChI=1S/C16H13ClN2O5/c1-22-13-8-10(9-18)7-11(17)15(13)24-14(20)4-5-19-16(21)12-3-2-6-23-12/h2-3,6-8H,4-5H2,1H3,(H,19,21). The first-order valence-electron chi connectivity index (χ1n) is 6.85. The van der Waals surface area contributed by atoms with Crippen LogP contribution in [0.4, 0.5) is 0 Å². The Balaban J connectivity index is 1.93. The first-order chi connectivity index (χ1) is 11.5. The number of methoxy groups -OCH3 is 1. The molecule has 0 aliphatic carbocycles. The van der Waals surface area contributed by atoms with Crippen molar-refractivity contribution in [1.29, 1.82) is 5.26 Å². The maximum Gasteiger partial charge on any atom is 0.313 e. The number of esters is 1. The number of rotatable bonds is 6. The molecule has 1 aromatic carbocycles. The second kappa shape index (κ2) is 8.04. The topological polar surface area (TPSA) is 102 Å². The van der Waals surface area contributed by atoms with Gasteiger partial charge in [0, 0.05) is 12.6 Å². The average Bonchev–Trinajstić information content (AvgIpc) is 3.11. The first-order valence-corrected chi connectivity index (χ1v) is 7.23. The highest BCUT2D eigenvalue weighted by Gasteiger charge is 2.16. The van der Waals surface area contributed by atoms with Gasteiger partial charge in [-0.25, -0.2) is 0 Å². The molecule has 0 radical (unpaired) electrons. The van der Waals surface area contributed by atoms with Gasteiger partial charge in [0.2, 0.25) is 0 Å². The second-order valence-corrected chi connectivity index (χ2v) is 4.97. The van der Waals surface area contributed by atoms with E-state index in [1.165, 1.54) is 31.6 Å². The van der Waals surface area contributed by atoms with Crippen molar-refractivity contribution in [1.82, 2.24) is 5.32 Å². The van der Waals surface area contributed by atoms with Crippen molar-refractivity contribution in [3.05, 3.63) is 46.9 Å². The minimum atomic E-state index is -0.611. The van der Waals surface area contributed by atoms with E-state index in [0.29, 0.717) is 0 Å². The van der Waals surface area contributed by atoms with Gasteiger partial charge in [0.05, 0.1) is 36.4 Å². The van der Waals surface area contributed by atoms with E-state index < -0.39 is 11.9 Å². The van der Waals surface area contributed by atoms with Crippen LogP contribution in [0.5, 0.6) is 11.5 Å². The van der Waals surface area contributed by atoms with Crippen LogP contribution in [0, 0.1) is 11.3 Å². The van der Waals surface area contributed by atoms with E-state index in [4.69, 9.17) is 30.8 Å². The molecule has 0 bridgehead atoms. The second-order valence-electron chi connectivity index (χ2n) is 4.56. The summed E-state index contributed by atoms with van der Waals surface area (Å²) in [5, 5.41) is 11.5. The summed E-state index contributed by atoms with van der Waals surface area (Å²) in [4.78, 5) is 23.5. The molecule has 24 heavy (non-hydrogen) atoms. The number of benzene rings is 1. The third kappa shape index (κ3) is 4.27. The number of nitrogens with zero attached hydrogens (tertiary/aromatic N) is 1. The number of amides is 1. The molecule has 7 nitrogen and oxygen atoms in total. The zero-order valence-corrected chi connectivity index (χ0v) is 13.4. The van der Waals surface area contributed by atoms with E-state index in [2.05, 4.69) is 5.32 Å². The minimum absolute atomic E-state index is 0.0283. The monoisotopic (exact) mass is 348 g/mol. The molecule has 0 aliphatic rings. The molecule has 1 N–H and O–H groups in total. The molecule has 0 fully saturated rings. The van der Waals surface area contributed by atoms with Crippen molar-refractivity contribution >= 4 is 23.5 Å². The van der Waals surface area contributed by atoms with E-state index >= 15 is 0 Å². The van der Waals surface area contributed by atoms with Gasteiger partial charge in [0.1, 0.15) is 0 Å². The zero-order chi connectivity index (χ0) is 17.5. The van der Waals surface area contributed by atoms with Gasteiger partial charge in [-0.15, -0.1) is 0 Å². The van der Waals surface area contributed by atoms with Crippen molar-refractivity contribution in [2.24, 2.45) is 0 Å². The Hall–Kier alpha value is -2.98. The van der Waals surface area contributed by atoms with E-state index in [0.717, 1.165) is 0 Å². The molecule has 2 aromatic rings. The highest BCUT2D eigenvalue weighted by molar-refractivity contribution is 6.32. The van der Waals surface area contributed by atoms with Gasteiger partial charge in [-0.2, -0.15) is 5.26 Å². The third-order valence-corrected chi connectivity index (χ3v) is 3.21. The van der Waals surface area contributed by atoms with E-state index in [1.807, 2.05) is 6.07 Å². The van der Waals surface area contributed by atoms with Crippen molar-refractivity contribution in [2.45, 2.75) is 6.42 Å². The Labute approximate surface area is 142 Å². The number of carbonyl (C=O) groups is 2. The predicted molar refractivity (Wildman–Crippen MR) is 84.0 cm³/mol. The van der Waals surface area contributed by atoms with Crippen LogP contribution in [0.3, 0.4) is 0 Å². The Kier molecular flexibility index (Phi) is 5.82. The molecule has 2 rings (SSSR count). The van der Waals surface area contributed by atoms with Crippen molar-refractivity contribution < 1.29 is 23.5 Å². The quantitative estimate of drug-likeness (QED) is 0.635. The Morgan fingerprint density at radius 1 is 1.42 bits per heavy atom. The highest BCUT2D eigenvalue weighted by Crippen LogP contribution is 2.36. The fraction of sp³-hybridized carbons (Fsp3) is 0.188. The summed E-state index contributed by atoms with van der Waals surface area (Å²) in [6, 6.07) is 7.79. The minimum Gasteiger partial charge on any atom is -0.493 e. The Morgan fingerprint density at radius 3 is 2.83 bits per heavy atom. The fourth-order valence-corrected chi connectivity index (χ4v) is 2.07. The van der Waals surface area contributed by atoms with Crippen LogP contribution >= 0.6 is 11.6 Å². The number of hydrogen-bond acceptors (Lipinski definition) is 6. The lowest BCUT2D eigenvalue weighted by Crippen LogP contribution is -2.26. The van der Waals surface area contributed by atoms with E-state index in [1.54, 1.807) is 6.07 Å². The predicted octanol–water partition coefficient (Wildman–Crippen LogP) is 2.54. The van der Waals surface area contributed by atoms with Crippen LogP contribution in [-0.2, 0) is 4.79 Å². The summed E-state index contributed by atoms with van der Waals surface area (Å²) in [7, 11) is 1.37. The SMILES string of the molecule is COc1cc(C#N)cc(Cl)c1OC(=O)CCNC(=O)c1ccco1. The van der Waals surface area contributed by atoms with Crippen LogP contribution in [0.1, 0.15) is 22.5 Å². The maximum atomic E-state index is 11.9. The number of nitriles is 1. The van der Waals surface area contributed by atoms with Gasteiger partial charge >= 0.3 is 5.97 Å². The van der Waals surface area contributed by atoms with Gasteiger partial charge in [-0.05, 0) is 18.2 Å². The molecular formula is C16H13ClN2O5. The van der Waals surface area contributed by atoms with Gasteiger partial charge in [0.25, 0.3) is 5.91 Å². The van der Waals surface area contributed by atoms with E-state index in [9.17, 15) is 9.59 Å². The fourth-order valence-electron chi connectivity index (χ4n) is 1.82. The number of halogens is 1. The van der Waals surface area contributed by atoms with Crippen LogP contribution < -0.4 is 14.8 Å². The van der Waals surface area contributed by atoms with Gasteiger partial charge in [0.15, 0.2) is 17.3 Å².